The van der Waals surface area contributed by atoms with Gasteiger partial charge in [-0.25, -0.2) is 0 Å². The Labute approximate surface area is 243 Å². The van der Waals surface area contributed by atoms with E-state index < -0.39 is 0 Å². The number of hydrogen-bond donors (Lipinski definition) is 4. The standard InChI is InChI=1S/2C14H12N2O2.C2H5.Co.H2O/c2*17-15-13(11-7-3-1-4-8-11)14(16-18)12-9-5-2-6-10-12;1-2;;/h2*1-10,17-18H;1H2,2H3;;1H2/q;;-1;;/b2*15-13+,16-14+;;;. The molecule has 9 nitrogen and oxygen atoms in total. The average Bonchev–Trinajstić information content (AvgIpc) is 3.01. The minimum absolute atomic E-state index is 0. The first-order valence-electron chi connectivity index (χ1n) is 11.5. The van der Waals surface area contributed by atoms with Crippen LogP contribution in [-0.2, 0) is 16.8 Å². The molecule has 0 aliphatic rings. The molecular weight excluding hydrogens is 555 g/mol. The maximum absolute atomic E-state index is 9.14. The summed E-state index contributed by atoms with van der Waals surface area (Å²) in [5.41, 5.74) is 3.61. The van der Waals surface area contributed by atoms with Gasteiger partial charge in [-0.1, -0.05) is 142 Å². The molecule has 0 amide bonds. The van der Waals surface area contributed by atoms with Gasteiger partial charge in [0.25, 0.3) is 0 Å². The first kappa shape index (κ1) is 35.2. The predicted octanol–water partition coefficient (Wildman–Crippen LogP) is 5.50. The molecule has 0 unspecified atom stereocenters. The molecule has 0 heterocycles. The van der Waals surface area contributed by atoms with Crippen LogP contribution in [0.1, 0.15) is 29.2 Å². The van der Waals surface area contributed by atoms with Crippen LogP contribution in [0.5, 0.6) is 0 Å². The molecule has 4 aromatic rings. The Balaban J connectivity index is 0.000000684. The molecule has 1 radical (unpaired) electrons. The largest absolute Gasteiger partial charge is 0.412 e. The fraction of sp³-hybridized carbons (Fsp3) is 0.0333. The van der Waals surface area contributed by atoms with E-state index in [9.17, 15) is 0 Å². The van der Waals surface area contributed by atoms with Crippen molar-refractivity contribution in [1.29, 1.82) is 0 Å². The van der Waals surface area contributed by atoms with E-state index in [0.717, 1.165) is 0 Å². The molecule has 211 valence electrons. The fourth-order valence-corrected chi connectivity index (χ4v) is 3.35. The van der Waals surface area contributed by atoms with Crippen LogP contribution in [0.25, 0.3) is 0 Å². The van der Waals surface area contributed by atoms with Gasteiger partial charge in [0, 0.05) is 39.0 Å². The molecular formula is C30H31CoN4O5-. The number of nitrogens with zero attached hydrogens (tertiary/aromatic N) is 4. The molecule has 4 aromatic carbocycles. The van der Waals surface area contributed by atoms with Crippen molar-refractivity contribution in [1.82, 2.24) is 0 Å². The Morgan fingerprint density at radius 3 is 0.675 bits per heavy atom. The summed E-state index contributed by atoms with van der Waals surface area (Å²) in [6, 6.07) is 36.2. The van der Waals surface area contributed by atoms with E-state index in [4.69, 9.17) is 20.8 Å². The van der Waals surface area contributed by atoms with Crippen molar-refractivity contribution in [3.8, 4) is 0 Å². The smallest absolute Gasteiger partial charge is 0.139 e. The van der Waals surface area contributed by atoms with Crippen molar-refractivity contribution in [2.24, 2.45) is 20.6 Å². The number of benzene rings is 4. The summed E-state index contributed by atoms with van der Waals surface area (Å²) < 4.78 is 0. The van der Waals surface area contributed by atoms with Crippen LogP contribution in [-0.4, -0.2) is 49.2 Å². The zero-order valence-electron chi connectivity index (χ0n) is 21.7. The molecule has 0 aromatic heterocycles. The van der Waals surface area contributed by atoms with E-state index in [1.54, 1.807) is 55.5 Å². The molecule has 10 heteroatoms. The Morgan fingerprint density at radius 2 is 0.550 bits per heavy atom. The summed E-state index contributed by atoms with van der Waals surface area (Å²) in [6.07, 6.45) is 0. The van der Waals surface area contributed by atoms with E-state index in [0.29, 0.717) is 22.3 Å². The average molecular weight is 587 g/mol. The zero-order chi connectivity index (χ0) is 27.6. The van der Waals surface area contributed by atoms with E-state index in [1.807, 2.05) is 72.8 Å². The maximum Gasteiger partial charge on any atom is 0.139 e. The van der Waals surface area contributed by atoms with E-state index in [2.05, 4.69) is 27.5 Å². The first-order chi connectivity index (χ1) is 18.7. The summed E-state index contributed by atoms with van der Waals surface area (Å²) in [5.74, 6) is 0. The van der Waals surface area contributed by atoms with Gasteiger partial charge >= 0.3 is 0 Å². The van der Waals surface area contributed by atoms with Crippen molar-refractivity contribution in [2.45, 2.75) is 6.92 Å². The zero-order valence-corrected chi connectivity index (χ0v) is 22.7. The van der Waals surface area contributed by atoms with Crippen LogP contribution in [0.2, 0.25) is 0 Å². The van der Waals surface area contributed by atoms with E-state index >= 15 is 0 Å². The van der Waals surface area contributed by atoms with E-state index in [1.165, 1.54) is 0 Å². The summed E-state index contributed by atoms with van der Waals surface area (Å²) in [4.78, 5) is 0. The van der Waals surface area contributed by atoms with Crippen molar-refractivity contribution >= 4 is 22.8 Å². The van der Waals surface area contributed by atoms with Crippen LogP contribution < -0.4 is 0 Å². The first-order valence-corrected chi connectivity index (χ1v) is 11.5. The van der Waals surface area contributed by atoms with Gasteiger partial charge in [0.15, 0.2) is 0 Å². The molecule has 0 bridgehead atoms. The molecule has 6 N–H and O–H groups in total. The SMILES string of the molecule is O.O/N=C(/C(=N/O)c1ccccc1)c1ccccc1.O/N=C(/C(=N/O)c1ccccc1)c1ccccc1.[CH2-]C.[Co]. The normalized spacial score (nSPS) is 11.3. The third kappa shape index (κ3) is 9.84. The predicted molar refractivity (Wildman–Crippen MR) is 154 cm³/mol. The minimum atomic E-state index is 0. The Bertz CT molecular complexity index is 1140. The van der Waals surface area contributed by atoms with Crippen LogP contribution in [0, 0.1) is 6.92 Å². The van der Waals surface area contributed by atoms with Gasteiger partial charge in [-0.2, -0.15) is 6.92 Å². The molecule has 0 aliphatic carbocycles. The summed E-state index contributed by atoms with van der Waals surface area (Å²) in [6.45, 7) is 5.00. The molecule has 0 aliphatic heterocycles. The number of hydrogen-bond acceptors (Lipinski definition) is 8. The van der Waals surface area contributed by atoms with Gasteiger partial charge in [0.1, 0.15) is 22.8 Å². The second kappa shape index (κ2) is 20.2. The monoisotopic (exact) mass is 586 g/mol. The Morgan fingerprint density at radius 1 is 0.400 bits per heavy atom. The Kier molecular flexibility index (Phi) is 17.8. The second-order valence-corrected chi connectivity index (χ2v) is 7.26. The third-order valence-corrected chi connectivity index (χ3v) is 5.04. The fourth-order valence-electron chi connectivity index (χ4n) is 3.35. The van der Waals surface area contributed by atoms with Crippen molar-refractivity contribution < 1.29 is 43.1 Å². The van der Waals surface area contributed by atoms with Crippen LogP contribution in [0.4, 0.5) is 0 Å². The Hall–Kier alpha value is -4.77. The third-order valence-electron chi connectivity index (χ3n) is 5.04. The quantitative estimate of drug-likeness (QED) is 0.102. The van der Waals surface area contributed by atoms with Crippen molar-refractivity contribution in [2.75, 3.05) is 0 Å². The van der Waals surface area contributed by atoms with E-state index in [-0.39, 0.29) is 45.1 Å². The van der Waals surface area contributed by atoms with Crippen LogP contribution >= 0.6 is 0 Å². The van der Waals surface area contributed by atoms with Gasteiger partial charge in [-0.3, -0.25) is 0 Å². The van der Waals surface area contributed by atoms with Crippen LogP contribution in [0.3, 0.4) is 0 Å². The molecule has 0 fully saturated rings. The summed E-state index contributed by atoms with van der Waals surface area (Å²) >= 11 is 0. The number of oxime groups is 4. The molecule has 0 saturated heterocycles. The molecule has 4 rings (SSSR count). The van der Waals surface area contributed by atoms with Crippen molar-refractivity contribution in [3.63, 3.8) is 0 Å². The van der Waals surface area contributed by atoms with Gasteiger partial charge in [0.2, 0.25) is 0 Å². The molecule has 0 spiro atoms. The van der Waals surface area contributed by atoms with Gasteiger partial charge in [0.05, 0.1) is 0 Å². The molecule has 0 saturated carbocycles. The van der Waals surface area contributed by atoms with Crippen molar-refractivity contribution in [3.05, 3.63) is 151 Å². The summed E-state index contributed by atoms with van der Waals surface area (Å²) in [5, 5.41) is 49.5. The topological polar surface area (TPSA) is 162 Å². The second-order valence-electron chi connectivity index (χ2n) is 7.26. The van der Waals surface area contributed by atoms with Gasteiger partial charge in [-0.05, 0) is 0 Å². The number of rotatable bonds is 6. The maximum atomic E-state index is 9.14. The van der Waals surface area contributed by atoms with Crippen LogP contribution in [0.15, 0.2) is 142 Å². The molecule has 0 atom stereocenters. The summed E-state index contributed by atoms with van der Waals surface area (Å²) in [7, 11) is 0. The minimum Gasteiger partial charge on any atom is -0.412 e. The van der Waals surface area contributed by atoms with Gasteiger partial charge < -0.3 is 33.2 Å². The van der Waals surface area contributed by atoms with Gasteiger partial charge in [-0.15, -0.1) is 0 Å². The molecule has 40 heavy (non-hydrogen) atoms.